The van der Waals surface area contributed by atoms with Crippen molar-refractivity contribution in [2.45, 2.75) is 6.92 Å². The number of nitrogens with zero attached hydrogens (tertiary/aromatic N) is 2. The Morgan fingerprint density at radius 1 is 1.23 bits per heavy atom. The second-order valence-corrected chi connectivity index (χ2v) is 5.36. The quantitative estimate of drug-likeness (QED) is 0.859. The van der Waals surface area contributed by atoms with Crippen LogP contribution in [0.25, 0.3) is 0 Å². The smallest absolute Gasteiger partial charge is 0.238 e. The minimum Gasteiger partial charge on any atom is -0.495 e. The maximum Gasteiger partial charge on any atom is 0.238 e. The summed E-state index contributed by atoms with van der Waals surface area (Å²) < 4.78 is 7.22. The van der Waals surface area contributed by atoms with E-state index in [9.17, 15) is 4.79 Å². The van der Waals surface area contributed by atoms with Gasteiger partial charge in [-0.05, 0) is 50.8 Å². The highest BCUT2D eigenvalue weighted by Gasteiger charge is 2.11. The number of hydrogen-bond donors (Lipinski definition) is 2. The van der Waals surface area contributed by atoms with Crippen LogP contribution in [0.15, 0.2) is 36.7 Å². The highest BCUT2D eigenvalue weighted by Crippen LogP contribution is 2.31. The van der Waals surface area contributed by atoms with E-state index in [2.05, 4.69) is 10.7 Å². The predicted octanol–water partition coefficient (Wildman–Crippen LogP) is 2.18. The number of ether oxygens (including phenoxy) is 1. The average molecular weight is 302 g/mol. The largest absolute Gasteiger partial charge is 0.495 e. The summed E-state index contributed by atoms with van der Waals surface area (Å²) in [4.78, 5) is 13.8. The molecule has 0 spiro atoms. The number of likely N-dealkylation sites (N-methyl/N-ethyl adjacent to an activating group) is 1. The van der Waals surface area contributed by atoms with E-state index in [1.54, 1.807) is 7.11 Å². The Bertz CT molecular complexity index is 636. The van der Waals surface area contributed by atoms with Gasteiger partial charge in [0.25, 0.3) is 0 Å². The van der Waals surface area contributed by atoms with Crippen LogP contribution < -0.4 is 15.5 Å². The molecule has 2 N–H and O–H groups in total. The van der Waals surface area contributed by atoms with Gasteiger partial charge in [0.2, 0.25) is 5.91 Å². The van der Waals surface area contributed by atoms with E-state index >= 15 is 0 Å². The van der Waals surface area contributed by atoms with Crippen molar-refractivity contribution in [3.05, 3.63) is 42.2 Å². The Hall–Kier alpha value is -2.47. The van der Waals surface area contributed by atoms with Crippen LogP contribution in [0.4, 0.5) is 11.4 Å². The zero-order valence-electron chi connectivity index (χ0n) is 13.4. The number of hydrogen-bond acceptors (Lipinski definition) is 4. The van der Waals surface area contributed by atoms with E-state index in [1.165, 1.54) is 0 Å². The number of aryl methyl sites for hydroxylation is 1. The SMILES string of the molecule is COc1cc(C)c(NC(=O)CN(C)C)cc1Nn1cccc1. The first kappa shape index (κ1) is 15.9. The van der Waals surface area contributed by atoms with Crippen LogP contribution >= 0.6 is 0 Å². The maximum atomic E-state index is 11.9. The van der Waals surface area contributed by atoms with Gasteiger partial charge >= 0.3 is 0 Å². The normalized spacial score (nSPS) is 10.6. The van der Waals surface area contributed by atoms with Gasteiger partial charge in [0.1, 0.15) is 5.75 Å². The van der Waals surface area contributed by atoms with Crippen LogP contribution in [-0.4, -0.2) is 43.2 Å². The molecule has 2 aromatic rings. The van der Waals surface area contributed by atoms with Crippen LogP contribution in [0.5, 0.6) is 5.75 Å². The van der Waals surface area contributed by atoms with Gasteiger partial charge in [0.05, 0.1) is 19.3 Å². The lowest BCUT2D eigenvalue weighted by Crippen LogP contribution is -2.27. The number of rotatable bonds is 6. The molecule has 0 saturated heterocycles. The lowest BCUT2D eigenvalue weighted by Gasteiger charge is -2.17. The summed E-state index contributed by atoms with van der Waals surface area (Å²) in [5.41, 5.74) is 5.71. The fraction of sp³-hybridized carbons (Fsp3) is 0.312. The molecular formula is C16H22N4O2. The van der Waals surface area contributed by atoms with Gasteiger partial charge in [0, 0.05) is 18.1 Å². The number of carbonyl (C=O) groups is 1. The number of aromatic nitrogens is 1. The zero-order chi connectivity index (χ0) is 16.1. The summed E-state index contributed by atoms with van der Waals surface area (Å²) in [7, 11) is 5.35. The molecule has 0 fully saturated rings. The Balaban J connectivity index is 2.25. The van der Waals surface area contributed by atoms with Gasteiger partial charge in [0.15, 0.2) is 0 Å². The summed E-state index contributed by atoms with van der Waals surface area (Å²) in [6.45, 7) is 2.28. The van der Waals surface area contributed by atoms with Crippen molar-refractivity contribution in [3.63, 3.8) is 0 Å². The molecule has 1 heterocycles. The van der Waals surface area contributed by atoms with Gasteiger partial charge in [-0.15, -0.1) is 0 Å². The molecule has 6 nitrogen and oxygen atoms in total. The van der Waals surface area contributed by atoms with E-state index in [-0.39, 0.29) is 5.91 Å². The lowest BCUT2D eigenvalue weighted by atomic mass is 10.1. The molecule has 0 aliphatic rings. The highest BCUT2D eigenvalue weighted by atomic mass is 16.5. The molecular weight excluding hydrogens is 280 g/mol. The molecule has 0 atom stereocenters. The Morgan fingerprint density at radius 3 is 2.50 bits per heavy atom. The molecule has 2 rings (SSSR count). The summed E-state index contributed by atoms with van der Waals surface area (Å²) in [6.07, 6.45) is 3.78. The predicted molar refractivity (Wildman–Crippen MR) is 88.4 cm³/mol. The number of anilines is 2. The van der Waals surface area contributed by atoms with E-state index in [0.29, 0.717) is 6.54 Å². The number of carbonyl (C=O) groups excluding carboxylic acids is 1. The molecule has 0 bridgehead atoms. The monoisotopic (exact) mass is 302 g/mol. The van der Waals surface area contributed by atoms with Gasteiger partial charge in [-0.25, -0.2) is 0 Å². The molecule has 0 aliphatic heterocycles. The second kappa shape index (κ2) is 7.00. The molecule has 0 aliphatic carbocycles. The molecule has 0 unspecified atom stereocenters. The first-order valence-electron chi connectivity index (χ1n) is 7.03. The van der Waals surface area contributed by atoms with Crippen LogP contribution in [0, 0.1) is 6.92 Å². The minimum absolute atomic E-state index is 0.0508. The Kier molecular flexibility index (Phi) is 5.06. The topological polar surface area (TPSA) is 58.5 Å². The highest BCUT2D eigenvalue weighted by molar-refractivity contribution is 5.93. The van der Waals surface area contributed by atoms with Crippen molar-refractivity contribution in [1.29, 1.82) is 0 Å². The van der Waals surface area contributed by atoms with E-state index in [4.69, 9.17) is 4.74 Å². The van der Waals surface area contributed by atoms with E-state index < -0.39 is 0 Å². The van der Waals surface area contributed by atoms with Gasteiger partial charge in [-0.2, -0.15) is 0 Å². The van der Waals surface area contributed by atoms with Gasteiger partial charge in [-0.1, -0.05) is 0 Å². The maximum absolute atomic E-state index is 11.9. The Labute approximate surface area is 130 Å². The summed E-state index contributed by atoms with van der Waals surface area (Å²) in [6, 6.07) is 7.62. The third-order valence-electron chi connectivity index (χ3n) is 3.13. The van der Waals surface area contributed by atoms with Crippen molar-refractivity contribution < 1.29 is 9.53 Å². The minimum atomic E-state index is -0.0508. The lowest BCUT2D eigenvalue weighted by molar-refractivity contribution is -0.116. The van der Waals surface area contributed by atoms with Crippen LogP contribution in [0.1, 0.15) is 5.56 Å². The summed E-state index contributed by atoms with van der Waals surface area (Å²) >= 11 is 0. The summed E-state index contributed by atoms with van der Waals surface area (Å²) in [5, 5.41) is 2.93. The fourth-order valence-corrected chi connectivity index (χ4v) is 2.10. The number of methoxy groups -OCH3 is 1. The van der Waals surface area contributed by atoms with Crippen molar-refractivity contribution >= 4 is 17.3 Å². The van der Waals surface area contributed by atoms with Crippen LogP contribution in [0.3, 0.4) is 0 Å². The zero-order valence-corrected chi connectivity index (χ0v) is 13.4. The number of benzene rings is 1. The Morgan fingerprint density at radius 2 is 1.91 bits per heavy atom. The first-order chi connectivity index (χ1) is 10.5. The molecule has 6 heteroatoms. The first-order valence-corrected chi connectivity index (χ1v) is 7.03. The fourth-order valence-electron chi connectivity index (χ4n) is 2.10. The number of nitrogens with one attached hydrogen (secondary N) is 2. The van der Waals surface area contributed by atoms with Crippen LogP contribution in [0.2, 0.25) is 0 Å². The van der Waals surface area contributed by atoms with Crippen LogP contribution in [-0.2, 0) is 4.79 Å². The van der Waals surface area contributed by atoms with Crippen molar-refractivity contribution in [1.82, 2.24) is 9.58 Å². The average Bonchev–Trinajstić information content (AvgIpc) is 2.94. The number of amides is 1. The van der Waals surface area contributed by atoms with E-state index in [0.717, 1.165) is 22.7 Å². The second-order valence-electron chi connectivity index (χ2n) is 5.36. The molecule has 1 aromatic heterocycles. The van der Waals surface area contributed by atoms with Crippen molar-refractivity contribution in [3.8, 4) is 5.75 Å². The van der Waals surface area contributed by atoms with Gasteiger partial charge in [-0.3, -0.25) is 14.9 Å². The molecule has 1 aromatic carbocycles. The molecule has 0 radical (unpaired) electrons. The summed E-state index contributed by atoms with van der Waals surface area (Å²) in [5.74, 6) is 0.669. The van der Waals surface area contributed by atoms with Gasteiger partial charge < -0.3 is 15.0 Å². The standard InChI is InChI=1S/C16H22N4O2/c1-12-9-15(22-4)14(18-20-7-5-6-8-20)10-13(12)17-16(21)11-19(2)3/h5-10,18H,11H2,1-4H3,(H,17,21). The van der Waals surface area contributed by atoms with E-state index in [1.807, 2.05) is 67.3 Å². The molecule has 118 valence electrons. The third-order valence-corrected chi connectivity index (χ3v) is 3.13. The van der Waals surface area contributed by atoms with Crippen molar-refractivity contribution in [2.75, 3.05) is 38.5 Å². The molecule has 1 amide bonds. The third kappa shape index (κ3) is 4.02. The molecule has 22 heavy (non-hydrogen) atoms. The molecule has 0 saturated carbocycles. The van der Waals surface area contributed by atoms with Crippen molar-refractivity contribution in [2.24, 2.45) is 0 Å².